The fourth-order valence-corrected chi connectivity index (χ4v) is 4.56. The highest BCUT2D eigenvalue weighted by Gasteiger charge is 2.40. The average molecular weight is 455 g/mol. The minimum Gasteiger partial charge on any atom is -0.481 e. The Hall–Kier alpha value is -2.46. The number of carboxylic acids is 1. The molecular formula is C22H34N2O8. The summed E-state index contributed by atoms with van der Waals surface area (Å²) in [7, 11) is 1.22. The molecule has 1 saturated carbocycles. The first kappa shape index (κ1) is 25.8. The molecule has 0 radical (unpaired) electrons. The lowest BCUT2D eigenvalue weighted by atomic mass is 9.79. The zero-order valence-corrected chi connectivity index (χ0v) is 18.8. The van der Waals surface area contributed by atoms with Crippen LogP contribution >= 0.6 is 0 Å². The smallest absolute Gasteiger partial charge is 0.328 e. The van der Waals surface area contributed by atoms with Crippen molar-refractivity contribution >= 4 is 23.8 Å². The number of rotatable bonds is 9. The molecule has 0 bridgehead atoms. The Kier molecular flexibility index (Phi) is 8.80. The van der Waals surface area contributed by atoms with Gasteiger partial charge in [-0.2, -0.15) is 0 Å². The number of aliphatic hydroxyl groups is 2. The van der Waals surface area contributed by atoms with Gasteiger partial charge in [0.2, 0.25) is 11.8 Å². The summed E-state index contributed by atoms with van der Waals surface area (Å²) in [6, 6.07) is -1.91. The molecule has 4 atom stereocenters. The van der Waals surface area contributed by atoms with Gasteiger partial charge in [0.25, 0.3) is 0 Å². The van der Waals surface area contributed by atoms with Gasteiger partial charge in [-0.05, 0) is 24.2 Å². The molecule has 180 valence electrons. The number of esters is 1. The van der Waals surface area contributed by atoms with Crippen LogP contribution in [0.25, 0.3) is 0 Å². The van der Waals surface area contributed by atoms with Crippen molar-refractivity contribution in [2.75, 3.05) is 7.11 Å². The zero-order valence-electron chi connectivity index (χ0n) is 18.8. The van der Waals surface area contributed by atoms with Crippen LogP contribution in [0, 0.1) is 11.3 Å². The minimum absolute atomic E-state index is 0.00819. The molecule has 32 heavy (non-hydrogen) atoms. The summed E-state index contributed by atoms with van der Waals surface area (Å²) in [5.74, 6) is -2.85. The van der Waals surface area contributed by atoms with Crippen molar-refractivity contribution < 1.29 is 39.2 Å². The number of hydrogen-bond donors (Lipinski definition) is 5. The lowest BCUT2D eigenvalue weighted by molar-refractivity contribution is -0.146. The minimum atomic E-state index is -1.32. The molecule has 0 aromatic rings. The molecule has 2 rings (SSSR count). The summed E-state index contributed by atoms with van der Waals surface area (Å²) in [5.41, 5.74) is -0.493. The molecule has 2 aliphatic carbocycles. The maximum Gasteiger partial charge on any atom is 0.328 e. The normalized spacial score (nSPS) is 25.6. The number of hydrogen-bond acceptors (Lipinski definition) is 7. The lowest BCUT2D eigenvalue weighted by Crippen LogP contribution is -2.52. The van der Waals surface area contributed by atoms with E-state index in [1.165, 1.54) is 13.2 Å². The maximum atomic E-state index is 12.7. The summed E-state index contributed by atoms with van der Waals surface area (Å²) in [6.45, 7) is 3.49. The number of methoxy groups -OCH3 is 1. The molecule has 0 aromatic carbocycles. The summed E-state index contributed by atoms with van der Waals surface area (Å²) in [4.78, 5) is 48.6. The molecule has 5 N–H and O–H groups in total. The lowest BCUT2D eigenvalue weighted by Gasteiger charge is -2.33. The van der Waals surface area contributed by atoms with Crippen LogP contribution in [0.4, 0.5) is 0 Å². The second-order valence-electron chi connectivity index (χ2n) is 9.22. The van der Waals surface area contributed by atoms with E-state index in [-0.39, 0.29) is 30.8 Å². The molecule has 0 aliphatic heterocycles. The number of aliphatic hydroxyl groups excluding tert-OH is 2. The van der Waals surface area contributed by atoms with E-state index in [1.54, 1.807) is 13.8 Å². The van der Waals surface area contributed by atoms with E-state index in [9.17, 15) is 34.5 Å². The van der Waals surface area contributed by atoms with Gasteiger partial charge in [-0.25, -0.2) is 4.79 Å². The van der Waals surface area contributed by atoms with Crippen LogP contribution in [-0.4, -0.2) is 70.5 Å². The number of amides is 2. The second kappa shape index (κ2) is 10.9. The van der Waals surface area contributed by atoms with Gasteiger partial charge >= 0.3 is 11.9 Å². The van der Waals surface area contributed by atoms with E-state index in [2.05, 4.69) is 10.6 Å². The standard InChI is InChI=1S/C22H34N2O8/c1-12(2)18(21(31)32-3)24-20(30)13-8-14(19(29)15(25)9-13)23-16(26)10-22(11-17(27)28)6-4-5-7-22/h8,12,14-15,18-19,25,29H,4-7,9-11H2,1-3H3,(H,23,26)(H,24,30)(H,27,28). The Balaban J connectivity index is 2.12. The number of carbonyl (C=O) groups is 4. The van der Waals surface area contributed by atoms with E-state index in [4.69, 9.17) is 4.74 Å². The van der Waals surface area contributed by atoms with E-state index in [0.29, 0.717) is 12.8 Å². The molecule has 10 heteroatoms. The van der Waals surface area contributed by atoms with Crippen molar-refractivity contribution in [2.24, 2.45) is 11.3 Å². The summed E-state index contributed by atoms with van der Waals surface area (Å²) in [6.07, 6.45) is 1.48. The van der Waals surface area contributed by atoms with Crippen molar-refractivity contribution in [3.8, 4) is 0 Å². The predicted molar refractivity (Wildman–Crippen MR) is 113 cm³/mol. The molecule has 0 saturated heterocycles. The molecule has 10 nitrogen and oxygen atoms in total. The van der Waals surface area contributed by atoms with Gasteiger partial charge in [-0.1, -0.05) is 32.8 Å². The molecule has 0 spiro atoms. The topological polar surface area (TPSA) is 162 Å². The SMILES string of the molecule is COC(=O)C(NC(=O)C1=CC(NC(=O)CC2(CC(=O)O)CCCC2)C(O)C(O)C1)C(C)C. The fraction of sp³-hybridized carbons (Fsp3) is 0.727. The molecule has 1 fully saturated rings. The Bertz CT molecular complexity index is 757. The first-order valence-corrected chi connectivity index (χ1v) is 10.9. The van der Waals surface area contributed by atoms with Gasteiger partial charge in [0.15, 0.2) is 0 Å². The highest BCUT2D eigenvalue weighted by molar-refractivity contribution is 5.96. The van der Waals surface area contributed by atoms with E-state index in [1.807, 2.05) is 0 Å². The van der Waals surface area contributed by atoms with Gasteiger partial charge < -0.3 is 30.7 Å². The van der Waals surface area contributed by atoms with Crippen LogP contribution in [0.1, 0.15) is 58.8 Å². The van der Waals surface area contributed by atoms with E-state index in [0.717, 1.165) is 12.8 Å². The highest BCUT2D eigenvalue weighted by atomic mass is 16.5. The van der Waals surface area contributed by atoms with Crippen molar-refractivity contribution in [3.05, 3.63) is 11.6 Å². The van der Waals surface area contributed by atoms with E-state index < -0.39 is 53.5 Å². The summed E-state index contributed by atoms with van der Waals surface area (Å²) >= 11 is 0. The van der Waals surface area contributed by atoms with Crippen LogP contribution in [0.3, 0.4) is 0 Å². The van der Waals surface area contributed by atoms with Crippen LogP contribution in [0.5, 0.6) is 0 Å². The van der Waals surface area contributed by atoms with Gasteiger partial charge in [-0.3, -0.25) is 14.4 Å². The quantitative estimate of drug-likeness (QED) is 0.310. The third kappa shape index (κ3) is 6.52. The molecule has 2 amide bonds. The number of carboxylic acid groups (broad SMARTS) is 1. The van der Waals surface area contributed by atoms with Gasteiger partial charge in [0, 0.05) is 18.4 Å². The van der Waals surface area contributed by atoms with Crippen molar-refractivity contribution in [1.29, 1.82) is 0 Å². The first-order valence-electron chi connectivity index (χ1n) is 10.9. The second-order valence-corrected chi connectivity index (χ2v) is 9.22. The number of ether oxygens (including phenoxy) is 1. The highest BCUT2D eigenvalue weighted by Crippen LogP contribution is 2.44. The number of carbonyl (C=O) groups excluding carboxylic acids is 3. The van der Waals surface area contributed by atoms with E-state index >= 15 is 0 Å². The van der Waals surface area contributed by atoms with Crippen LogP contribution < -0.4 is 10.6 Å². The third-order valence-corrected chi connectivity index (χ3v) is 6.33. The van der Waals surface area contributed by atoms with Crippen molar-refractivity contribution in [2.45, 2.75) is 83.1 Å². The van der Waals surface area contributed by atoms with Crippen molar-refractivity contribution in [3.63, 3.8) is 0 Å². The summed E-state index contributed by atoms with van der Waals surface area (Å²) < 4.78 is 4.71. The van der Waals surface area contributed by atoms with Crippen LogP contribution in [0.15, 0.2) is 11.6 Å². The molecular weight excluding hydrogens is 420 g/mol. The first-order chi connectivity index (χ1) is 15.0. The van der Waals surface area contributed by atoms with Gasteiger partial charge in [0.1, 0.15) is 12.1 Å². The zero-order chi connectivity index (χ0) is 24.1. The molecule has 0 aromatic heterocycles. The Morgan fingerprint density at radius 3 is 2.31 bits per heavy atom. The third-order valence-electron chi connectivity index (χ3n) is 6.33. The van der Waals surface area contributed by atoms with Crippen LogP contribution in [0.2, 0.25) is 0 Å². The number of aliphatic carboxylic acids is 1. The largest absolute Gasteiger partial charge is 0.481 e. The Morgan fingerprint density at radius 2 is 1.78 bits per heavy atom. The predicted octanol–water partition coefficient (Wildman–Crippen LogP) is 0.262. The fourth-order valence-electron chi connectivity index (χ4n) is 4.56. The summed E-state index contributed by atoms with van der Waals surface area (Å²) in [5, 5.41) is 35.0. The average Bonchev–Trinajstić information content (AvgIpc) is 3.15. The Morgan fingerprint density at radius 1 is 1.16 bits per heavy atom. The van der Waals surface area contributed by atoms with Crippen molar-refractivity contribution in [1.82, 2.24) is 10.6 Å². The molecule has 4 unspecified atom stereocenters. The molecule has 0 heterocycles. The number of nitrogens with one attached hydrogen (secondary N) is 2. The monoisotopic (exact) mass is 454 g/mol. The van der Waals surface area contributed by atoms with Crippen LogP contribution in [-0.2, 0) is 23.9 Å². The van der Waals surface area contributed by atoms with Gasteiger partial charge in [0.05, 0.1) is 25.7 Å². The molecule has 2 aliphatic rings. The maximum absolute atomic E-state index is 12.7. The Labute approximate surface area is 187 Å². The van der Waals surface area contributed by atoms with Gasteiger partial charge in [-0.15, -0.1) is 0 Å².